The maximum absolute atomic E-state index is 12.1. The second kappa shape index (κ2) is 7.86. The number of nitrogen functional groups attached to an aromatic ring is 1. The second-order valence-corrected chi connectivity index (χ2v) is 7.75. The third-order valence-electron chi connectivity index (χ3n) is 3.58. The van der Waals surface area contributed by atoms with Crippen LogP contribution in [0.4, 0.5) is 16.8 Å². The summed E-state index contributed by atoms with van der Waals surface area (Å²) in [7, 11) is 0. The lowest BCUT2D eigenvalue weighted by atomic mass is 10.3. The molecule has 0 radical (unpaired) electrons. The highest BCUT2D eigenvalue weighted by Crippen LogP contribution is 2.32. The number of nitrogens with one attached hydrogen (secondary N) is 2. The number of nitrogens with zero attached hydrogens (tertiary/aromatic N) is 5. The fourth-order valence-corrected chi connectivity index (χ4v) is 4.10. The Morgan fingerprint density at radius 2 is 2.18 bits per heavy atom. The monoisotopic (exact) mass is 416 g/mol. The fourth-order valence-electron chi connectivity index (χ4n) is 2.44. The molecule has 1 aromatic carbocycles. The van der Waals surface area contributed by atoms with Gasteiger partial charge in [-0.15, -0.1) is 10.2 Å². The molecule has 4 aromatic rings. The molecule has 4 rings (SSSR count). The van der Waals surface area contributed by atoms with Crippen molar-refractivity contribution in [1.82, 2.24) is 29.8 Å². The summed E-state index contributed by atoms with van der Waals surface area (Å²) < 4.78 is 7.55. The third kappa shape index (κ3) is 3.92. The molecule has 3 aromatic heterocycles. The first-order valence-electron chi connectivity index (χ1n) is 8.31. The van der Waals surface area contributed by atoms with Crippen molar-refractivity contribution in [2.24, 2.45) is 0 Å². The standard InChI is InChI=1S/C16H16N8O2S2/c1-2-26-11-6-4-3-5-10(11)19-15-21-22-16(28-15)27-8-9-7-12(25)24-14(18-9)20-13(17)23-24/h3-7H,2,8H2,1H3,(H,19,21)(H3,17,18,20,23). The van der Waals surface area contributed by atoms with Gasteiger partial charge in [-0.05, 0) is 19.1 Å². The average molecular weight is 416 g/mol. The van der Waals surface area contributed by atoms with Gasteiger partial charge in [-0.2, -0.15) is 9.50 Å². The molecule has 0 atom stereocenters. The fraction of sp³-hybridized carbons (Fsp3) is 0.188. The molecule has 10 nitrogen and oxygen atoms in total. The summed E-state index contributed by atoms with van der Waals surface area (Å²) in [6.45, 7) is 2.51. The first-order valence-corrected chi connectivity index (χ1v) is 10.1. The first-order chi connectivity index (χ1) is 13.6. The minimum Gasteiger partial charge on any atom is -0.492 e. The van der Waals surface area contributed by atoms with Gasteiger partial charge in [0.15, 0.2) is 4.34 Å². The number of hydrogen-bond donors (Lipinski definition) is 3. The molecule has 12 heteroatoms. The molecule has 3 heterocycles. The van der Waals surface area contributed by atoms with E-state index in [9.17, 15) is 4.79 Å². The van der Waals surface area contributed by atoms with Crippen LogP contribution in [0.25, 0.3) is 5.78 Å². The van der Waals surface area contributed by atoms with E-state index in [0.29, 0.717) is 23.2 Å². The number of fused-ring (bicyclic) bond motifs is 1. The van der Waals surface area contributed by atoms with Crippen molar-refractivity contribution in [2.75, 3.05) is 17.7 Å². The van der Waals surface area contributed by atoms with Crippen molar-refractivity contribution in [3.05, 3.63) is 46.4 Å². The van der Waals surface area contributed by atoms with E-state index < -0.39 is 0 Å². The molecule has 4 N–H and O–H groups in total. The number of aromatic amines is 1. The van der Waals surface area contributed by atoms with E-state index in [0.717, 1.165) is 15.8 Å². The van der Waals surface area contributed by atoms with Gasteiger partial charge in [-0.3, -0.25) is 9.89 Å². The van der Waals surface area contributed by atoms with Gasteiger partial charge >= 0.3 is 0 Å². The van der Waals surface area contributed by atoms with Crippen molar-refractivity contribution in [1.29, 1.82) is 0 Å². The van der Waals surface area contributed by atoms with E-state index in [1.807, 2.05) is 31.2 Å². The Labute approximate surface area is 167 Å². The van der Waals surface area contributed by atoms with Crippen molar-refractivity contribution >= 4 is 45.6 Å². The molecule has 28 heavy (non-hydrogen) atoms. The zero-order chi connectivity index (χ0) is 19.5. The Hall–Kier alpha value is -3.12. The van der Waals surface area contributed by atoms with Gasteiger partial charge in [0.25, 0.3) is 11.3 Å². The number of nitrogens with two attached hydrogens (primary N) is 1. The van der Waals surface area contributed by atoms with E-state index in [1.165, 1.54) is 33.7 Å². The molecule has 0 fully saturated rings. The Balaban J connectivity index is 1.45. The number of benzene rings is 1. The van der Waals surface area contributed by atoms with Crippen LogP contribution in [0.1, 0.15) is 12.6 Å². The summed E-state index contributed by atoms with van der Waals surface area (Å²) in [4.78, 5) is 20.4. The summed E-state index contributed by atoms with van der Waals surface area (Å²) >= 11 is 2.84. The highest BCUT2D eigenvalue weighted by molar-refractivity contribution is 8.00. The highest BCUT2D eigenvalue weighted by Gasteiger charge is 2.11. The highest BCUT2D eigenvalue weighted by atomic mass is 32.2. The van der Waals surface area contributed by atoms with Crippen LogP contribution in [0.3, 0.4) is 0 Å². The minimum atomic E-state index is -0.267. The van der Waals surface area contributed by atoms with E-state index >= 15 is 0 Å². The van der Waals surface area contributed by atoms with Crippen molar-refractivity contribution in [3.63, 3.8) is 0 Å². The molecule has 0 amide bonds. The Bertz CT molecular complexity index is 1170. The smallest absolute Gasteiger partial charge is 0.274 e. The molecule has 0 aliphatic carbocycles. The minimum absolute atomic E-state index is 0.140. The molecule has 144 valence electrons. The van der Waals surface area contributed by atoms with Crippen LogP contribution in [0.2, 0.25) is 0 Å². The molecular weight excluding hydrogens is 400 g/mol. The van der Waals surface area contributed by atoms with Crippen LogP contribution in [-0.4, -0.2) is 36.4 Å². The molecule has 0 bridgehead atoms. The molecular formula is C16H16N8O2S2. The van der Waals surface area contributed by atoms with Gasteiger partial charge in [0.1, 0.15) is 5.75 Å². The Kier molecular flexibility index (Phi) is 5.12. The van der Waals surface area contributed by atoms with Crippen LogP contribution in [-0.2, 0) is 5.75 Å². The number of para-hydroxylation sites is 2. The number of aromatic nitrogens is 6. The SMILES string of the molecule is CCOc1ccccc1Nc1nnc(SCc2cc(=O)n3[nH]c(N)nc3n2)s1. The lowest BCUT2D eigenvalue weighted by Crippen LogP contribution is -2.15. The first kappa shape index (κ1) is 18.3. The normalized spacial score (nSPS) is 11.0. The predicted octanol–water partition coefficient (Wildman–Crippen LogP) is 2.29. The second-order valence-electron chi connectivity index (χ2n) is 5.55. The predicted molar refractivity (Wildman–Crippen MR) is 108 cm³/mol. The van der Waals surface area contributed by atoms with Gasteiger partial charge in [0.05, 0.1) is 18.0 Å². The van der Waals surface area contributed by atoms with Crippen LogP contribution >= 0.6 is 23.1 Å². The van der Waals surface area contributed by atoms with Gasteiger partial charge in [0, 0.05) is 11.8 Å². The number of hydrogen-bond acceptors (Lipinski definition) is 10. The zero-order valence-corrected chi connectivity index (χ0v) is 16.4. The number of anilines is 3. The van der Waals surface area contributed by atoms with Gasteiger partial charge in [-0.25, -0.2) is 4.98 Å². The van der Waals surface area contributed by atoms with Crippen molar-refractivity contribution in [2.45, 2.75) is 17.0 Å². The summed E-state index contributed by atoms with van der Waals surface area (Å²) in [5, 5.41) is 14.8. The Morgan fingerprint density at radius 3 is 3.04 bits per heavy atom. The molecule has 0 aliphatic heterocycles. The van der Waals surface area contributed by atoms with Crippen LogP contribution in [0.15, 0.2) is 39.5 Å². The maximum atomic E-state index is 12.1. The average Bonchev–Trinajstić information content (AvgIpc) is 3.28. The maximum Gasteiger partial charge on any atom is 0.274 e. The zero-order valence-electron chi connectivity index (χ0n) is 14.7. The van der Waals surface area contributed by atoms with Crippen molar-refractivity contribution < 1.29 is 4.74 Å². The topological polar surface area (TPSA) is 136 Å². The summed E-state index contributed by atoms with van der Waals surface area (Å²) in [6, 6.07) is 9.09. The van der Waals surface area contributed by atoms with Crippen LogP contribution in [0, 0.1) is 0 Å². The van der Waals surface area contributed by atoms with E-state index in [2.05, 4.69) is 30.6 Å². The van der Waals surface area contributed by atoms with Gasteiger partial charge < -0.3 is 15.8 Å². The third-order valence-corrected chi connectivity index (χ3v) is 5.58. The van der Waals surface area contributed by atoms with E-state index in [4.69, 9.17) is 10.5 Å². The molecule has 0 saturated carbocycles. The number of rotatable bonds is 7. The number of ether oxygens (including phenoxy) is 1. The summed E-state index contributed by atoms with van der Waals surface area (Å²) in [6.07, 6.45) is 0. The lowest BCUT2D eigenvalue weighted by Gasteiger charge is -2.09. The molecule has 0 aliphatic rings. The molecule has 0 unspecified atom stereocenters. The Morgan fingerprint density at radius 1 is 1.32 bits per heavy atom. The molecule has 0 spiro atoms. The largest absolute Gasteiger partial charge is 0.492 e. The van der Waals surface area contributed by atoms with Gasteiger partial charge in [-0.1, -0.05) is 35.2 Å². The van der Waals surface area contributed by atoms with Crippen molar-refractivity contribution in [3.8, 4) is 5.75 Å². The number of thioether (sulfide) groups is 1. The van der Waals surface area contributed by atoms with Gasteiger partial charge in [0.2, 0.25) is 11.1 Å². The van der Waals surface area contributed by atoms with Crippen LogP contribution < -0.4 is 21.3 Å². The molecule has 0 saturated heterocycles. The summed E-state index contributed by atoms with van der Waals surface area (Å²) in [5.41, 5.74) is 6.72. The lowest BCUT2D eigenvalue weighted by molar-refractivity contribution is 0.342. The number of H-pyrrole nitrogens is 1. The van der Waals surface area contributed by atoms with E-state index in [-0.39, 0.29) is 17.3 Å². The quantitative estimate of drug-likeness (QED) is 0.388. The summed E-state index contributed by atoms with van der Waals surface area (Å²) in [5.74, 6) is 1.60. The van der Waals surface area contributed by atoms with Crippen LogP contribution in [0.5, 0.6) is 5.75 Å². The van der Waals surface area contributed by atoms with E-state index in [1.54, 1.807) is 0 Å².